The fraction of sp³-hybridized carbons (Fsp3) is 0.240. The number of aromatic carboxylic acids is 1. The number of fused-ring (bicyclic) bond motifs is 1. The van der Waals surface area contributed by atoms with E-state index in [0.717, 1.165) is 11.1 Å². The standard InChI is InChI=1S/C25H22F2N2O5/c1-15-9-12-21(29-23(15)17-6-4-7-18(14-17)24(31)32)28-22(30)8-3-2-5-16-10-11-19-20(13-16)34-25(26,27)33-19/h4,6-7,9-14H,2-3,5,8H2,1H3,(H,31,32)(H,28,29,30). The second-order valence-electron chi connectivity index (χ2n) is 7.95. The van der Waals surface area contributed by atoms with Crippen LogP contribution in [0.3, 0.4) is 0 Å². The topological polar surface area (TPSA) is 97.8 Å². The predicted molar refractivity (Wildman–Crippen MR) is 120 cm³/mol. The second kappa shape index (κ2) is 9.46. The molecule has 1 aliphatic heterocycles. The van der Waals surface area contributed by atoms with E-state index in [-0.39, 0.29) is 29.4 Å². The normalized spacial score (nSPS) is 13.5. The molecule has 2 N–H and O–H groups in total. The fourth-order valence-electron chi connectivity index (χ4n) is 3.66. The Labute approximate surface area is 194 Å². The molecule has 0 aliphatic carbocycles. The highest BCUT2D eigenvalue weighted by atomic mass is 19.3. The number of hydrogen-bond acceptors (Lipinski definition) is 5. The Bertz CT molecular complexity index is 1250. The van der Waals surface area contributed by atoms with E-state index >= 15 is 0 Å². The van der Waals surface area contributed by atoms with Gasteiger partial charge in [0, 0.05) is 12.0 Å². The van der Waals surface area contributed by atoms with E-state index in [1.165, 1.54) is 18.2 Å². The van der Waals surface area contributed by atoms with Crippen molar-refractivity contribution in [1.29, 1.82) is 0 Å². The third-order valence-electron chi connectivity index (χ3n) is 5.33. The molecule has 0 fully saturated rings. The molecule has 0 unspecified atom stereocenters. The molecule has 7 nitrogen and oxygen atoms in total. The number of halogens is 2. The van der Waals surface area contributed by atoms with Crippen LogP contribution in [0.1, 0.15) is 40.7 Å². The zero-order chi connectivity index (χ0) is 24.3. The molecule has 0 bridgehead atoms. The molecule has 9 heteroatoms. The molecule has 2 aromatic carbocycles. The number of carbonyl (C=O) groups excluding carboxylic acids is 1. The smallest absolute Gasteiger partial charge is 0.478 e. The average molecular weight is 468 g/mol. The Hall–Kier alpha value is -4.01. The van der Waals surface area contributed by atoms with Gasteiger partial charge in [0.25, 0.3) is 0 Å². The largest absolute Gasteiger partial charge is 0.586 e. The maximum atomic E-state index is 13.1. The van der Waals surface area contributed by atoms with Crippen LogP contribution in [0.4, 0.5) is 14.6 Å². The lowest BCUT2D eigenvalue weighted by molar-refractivity contribution is -0.286. The van der Waals surface area contributed by atoms with Gasteiger partial charge in [0.1, 0.15) is 5.82 Å². The lowest BCUT2D eigenvalue weighted by atomic mass is 10.0. The van der Waals surface area contributed by atoms with Gasteiger partial charge < -0.3 is 19.9 Å². The highest BCUT2D eigenvalue weighted by Gasteiger charge is 2.43. The fourth-order valence-corrected chi connectivity index (χ4v) is 3.66. The van der Waals surface area contributed by atoms with E-state index in [2.05, 4.69) is 19.8 Å². The van der Waals surface area contributed by atoms with Crippen LogP contribution in [-0.2, 0) is 11.2 Å². The van der Waals surface area contributed by atoms with Crippen LogP contribution in [0.2, 0.25) is 0 Å². The second-order valence-corrected chi connectivity index (χ2v) is 7.95. The van der Waals surface area contributed by atoms with E-state index in [0.29, 0.717) is 36.3 Å². The Kier molecular flexibility index (Phi) is 6.45. The van der Waals surface area contributed by atoms with Gasteiger partial charge in [0.15, 0.2) is 11.5 Å². The lowest BCUT2D eigenvalue weighted by Gasteiger charge is -2.10. The molecule has 0 atom stereocenters. The van der Waals surface area contributed by atoms with Crippen molar-refractivity contribution < 1.29 is 33.0 Å². The van der Waals surface area contributed by atoms with Crippen molar-refractivity contribution >= 4 is 17.7 Å². The van der Waals surface area contributed by atoms with Gasteiger partial charge in [-0.15, -0.1) is 8.78 Å². The first-order valence-electron chi connectivity index (χ1n) is 10.7. The number of carbonyl (C=O) groups is 2. The van der Waals surface area contributed by atoms with Gasteiger partial charge in [-0.1, -0.05) is 24.3 Å². The van der Waals surface area contributed by atoms with Gasteiger partial charge in [-0.05, 0) is 67.6 Å². The van der Waals surface area contributed by atoms with Crippen molar-refractivity contribution in [3.05, 3.63) is 71.3 Å². The summed E-state index contributed by atoms with van der Waals surface area (Å²) < 4.78 is 35.1. The van der Waals surface area contributed by atoms with Gasteiger partial charge in [-0.2, -0.15) is 0 Å². The zero-order valence-corrected chi connectivity index (χ0v) is 18.3. The van der Waals surface area contributed by atoms with E-state index in [1.807, 2.05) is 13.0 Å². The number of nitrogens with zero attached hydrogens (tertiary/aromatic N) is 1. The number of carboxylic acids is 1. The first-order chi connectivity index (χ1) is 16.2. The third kappa shape index (κ3) is 5.48. The van der Waals surface area contributed by atoms with Crippen LogP contribution >= 0.6 is 0 Å². The Morgan fingerprint density at radius 2 is 1.82 bits per heavy atom. The Balaban J connectivity index is 1.31. The lowest BCUT2D eigenvalue weighted by Crippen LogP contribution is -2.25. The van der Waals surface area contributed by atoms with E-state index in [1.54, 1.807) is 30.3 Å². The monoisotopic (exact) mass is 468 g/mol. The van der Waals surface area contributed by atoms with Crippen LogP contribution in [-0.4, -0.2) is 28.3 Å². The number of hydrogen-bond donors (Lipinski definition) is 2. The quantitative estimate of drug-likeness (QED) is 0.428. The molecule has 0 saturated heterocycles. The number of amides is 1. The molecule has 2 heterocycles. The van der Waals surface area contributed by atoms with E-state index in [9.17, 15) is 23.5 Å². The Morgan fingerprint density at radius 1 is 1.03 bits per heavy atom. The number of pyridine rings is 1. The van der Waals surface area contributed by atoms with E-state index < -0.39 is 12.3 Å². The highest BCUT2D eigenvalue weighted by Crippen LogP contribution is 2.41. The molecule has 1 aliphatic rings. The molecule has 0 saturated carbocycles. The molecule has 0 radical (unpaired) electrons. The number of aryl methyl sites for hydroxylation is 2. The number of carboxylic acid groups (broad SMARTS) is 1. The van der Waals surface area contributed by atoms with Gasteiger partial charge >= 0.3 is 12.3 Å². The first-order valence-corrected chi connectivity index (χ1v) is 10.7. The molecule has 1 amide bonds. The molecule has 34 heavy (non-hydrogen) atoms. The van der Waals surface area contributed by atoms with Crippen LogP contribution in [0.15, 0.2) is 54.6 Å². The summed E-state index contributed by atoms with van der Waals surface area (Å²) in [5, 5.41) is 12.0. The summed E-state index contributed by atoms with van der Waals surface area (Å²) in [5.74, 6) is -0.833. The third-order valence-corrected chi connectivity index (χ3v) is 5.33. The van der Waals surface area contributed by atoms with Crippen molar-refractivity contribution in [1.82, 2.24) is 4.98 Å². The van der Waals surface area contributed by atoms with Crippen LogP contribution in [0.5, 0.6) is 11.5 Å². The molecule has 4 rings (SSSR count). The number of nitrogens with one attached hydrogen (secondary N) is 1. The number of aromatic nitrogens is 1. The number of rotatable bonds is 8. The number of alkyl halides is 2. The van der Waals surface area contributed by atoms with Gasteiger partial charge in [-0.25, -0.2) is 9.78 Å². The first kappa shape index (κ1) is 23.2. The minimum Gasteiger partial charge on any atom is -0.478 e. The van der Waals surface area contributed by atoms with Gasteiger partial charge in [-0.3, -0.25) is 4.79 Å². The van der Waals surface area contributed by atoms with Crippen molar-refractivity contribution in [2.75, 3.05) is 5.32 Å². The molecular formula is C25H22F2N2O5. The number of unbranched alkanes of at least 4 members (excludes halogenated alkanes) is 1. The van der Waals surface area contributed by atoms with Gasteiger partial charge in [0.2, 0.25) is 5.91 Å². The van der Waals surface area contributed by atoms with Gasteiger partial charge in [0.05, 0.1) is 11.3 Å². The minimum absolute atomic E-state index is 0.00721. The van der Waals surface area contributed by atoms with Crippen molar-refractivity contribution in [2.45, 2.75) is 38.9 Å². The molecule has 3 aromatic rings. The number of anilines is 1. The predicted octanol–water partition coefficient (Wildman–Crippen LogP) is 5.43. The van der Waals surface area contributed by atoms with Crippen molar-refractivity contribution in [3.8, 4) is 22.8 Å². The summed E-state index contributed by atoms with van der Waals surface area (Å²) in [6.07, 6.45) is -1.50. The van der Waals surface area contributed by atoms with Crippen LogP contribution in [0.25, 0.3) is 11.3 Å². The summed E-state index contributed by atoms with van der Waals surface area (Å²) in [6, 6.07) is 14.6. The maximum absolute atomic E-state index is 13.1. The number of ether oxygens (including phenoxy) is 2. The summed E-state index contributed by atoms with van der Waals surface area (Å²) in [7, 11) is 0. The van der Waals surface area contributed by atoms with E-state index in [4.69, 9.17) is 0 Å². The summed E-state index contributed by atoms with van der Waals surface area (Å²) in [5.41, 5.74) is 3.06. The molecule has 1 aromatic heterocycles. The summed E-state index contributed by atoms with van der Waals surface area (Å²) in [6.45, 7) is 1.86. The van der Waals surface area contributed by atoms with Crippen LogP contribution < -0.4 is 14.8 Å². The molecule has 0 spiro atoms. The average Bonchev–Trinajstić information content (AvgIpc) is 3.11. The Morgan fingerprint density at radius 3 is 2.62 bits per heavy atom. The summed E-state index contributed by atoms with van der Waals surface area (Å²) >= 11 is 0. The maximum Gasteiger partial charge on any atom is 0.586 e. The SMILES string of the molecule is Cc1ccc(NC(=O)CCCCc2ccc3c(c2)OC(F)(F)O3)nc1-c1cccc(C(=O)O)c1. The van der Waals surface area contributed by atoms with Crippen LogP contribution in [0, 0.1) is 6.92 Å². The summed E-state index contributed by atoms with van der Waals surface area (Å²) in [4.78, 5) is 28.1. The molecule has 176 valence electrons. The number of benzene rings is 2. The minimum atomic E-state index is -3.64. The van der Waals surface area contributed by atoms with Crippen molar-refractivity contribution in [2.24, 2.45) is 0 Å². The van der Waals surface area contributed by atoms with Crippen molar-refractivity contribution in [3.63, 3.8) is 0 Å². The zero-order valence-electron chi connectivity index (χ0n) is 18.3. The highest BCUT2D eigenvalue weighted by molar-refractivity contribution is 5.91. The molecular weight excluding hydrogens is 446 g/mol.